The lowest BCUT2D eigenvalue weighted by atomic mass is 9.96. The van der Waals surface area contributed by atoms with Crippen molar-refractivity contribution in [3.63, 3.8) is 0 Å². The van der Waals surface area contributed by atoms with Crippen molar-refractivity contribution in [2.24, 2.45) is 11.7 Å². The Morgan fingerprint density at radius 2 is 2.10 bits per heavy atom. The minimum atomic E-state index is -4.81. The van der Waals surface area contributed by atoms with E-state index in [1.54, 1.807) is 6.08 Å². The summed E-state index contributed by atoms with van der Waals surface area (Å²) in [6.45, 7) is 0.115. The van der Waals surface area contributed by atoms with Crippen molar-refractivity contribution in [1.82, 2.24) is 9.96 Å². The molecule has 0 unspecified atom stereocenters. The predicted octanol–water partition coefficient (Wildman–Crippen LogP) is -0.969. The average Bonchev–Trinajstić information content (AvgIpc) is 3.13. The summed E-state index contributed by atoms with van der Waals surface area (Å²) in [6.07, 6.45) is 3.41. The van der Waals surface area contributed by atoms with Gasteiger partial charge < -0.3 is 10.6 Å². The number of fused-ring (bicyclic) bond motifs is 2. The van der Waals surface area contributed by atoms with Crippen LogP contribution in [0.25, 0.3) is 0 Å². The van der Waals surface area contributed by atoms with Gasteiger partial charge in [0, 0.05) is 0 Å². The third kappa shape index (κ3) is 2.15. The summed E-state index contributed by atoms with van der Waals surface area (Å²) in [6, 6.07) is -2.33. The molecule has 1 saturated carbocycles. The lowest BCUT2D eigenvalue weighted by molar-refractivity contribution is -0.120. The molecule has 3 N–H and O–H groups in total. The minimum absolute atomic E-state index is 0.115. The van der Waals surface area contributed by atoms with Gasteiger partial charge in [-0.25, -0.2) is 4.79 Å². The molecule has 2 aliphatic heterocycles. The van der Waals surface area contributed by atoms with E-state index in [1.165, 1.54) is 0 Å². The highest BCUT2D eigenvalue weighted by Crippen LogP contribution is 2.44. The van der Waals surface area contributed by atoms with Gasteiger partial charge in [-0.1, -0.05) is 6.08 Å². The van der Waals surface area contributed by atoms with Crippen LogP contribution in [-0.4, -0.2) is 53.5 Å². The predicted molar refractivity (Wildman–Crippen MR) is 64.2 cm³/mol. The van der Waals surface area contributed by atoms with Crippen LogP contribution in [0.15, 0.2) is 11.6 Å². The number of hydrogen-bond acceptors (Lipinski definition) is 5. The normalized spacial score (nSPS) is 29.6. The van der Waals surface area contributed by atoms with Crippen LogP contribution in [0.2, 0.25) is 0 Å². The summed E-state index contributed by atoms with van der Waals surface area (Å²) in [5, 5.41) is 0.600. The molecule has 0 aromatic heterocycles. The van der Waals surface area contributed by atoms with Gasteiger partial charge in [0.2, 0.25) is 5.91 Å². The number of rotatable bonds is 4. The van der Waals surface area contributed by atoms with Crippen LogP contribution in [0.3, 0.4) is 0 Å². The summed E-state index contributed by atoms with van der Waals surface area (Å²) in [5.41, 5.74) is 6.03. The summed E-state index contributed by atoms with van der Waals surface area (Å²) >= 11 is 0. The number of hydrogen-bond donors (Lipinski definition) is 2. The molecule has 10 heteroatoms. The van der Waals surface area contributed by atoms with E-state index in [9.17, 15) is 18.0 Å². The van der Waals surface area contributed by atoms with Crippen molar-refractivity contribution in [1.29, 1.82) is 0 Å². The van der Waals surface area contributed by atoms with E-state index in [4.69, 9.17) is 10.3 Å². The average molecular weight is 303 g/mol. The summed E-state index contributed by atoms with van der Waals surface area (Å²) in [5.74, 6) is -0.494. The van der Waals surface area contributed by atoms with Crippen molar-refractivity contribution in [2.45, 2.75) is 24.9 Å². The number of primary amides is 1. The van der Waals surface area contributed by atoms with Crippen LogP contribution in [0.1, 0.15) is 12.8 Å². The molecular formula is C10H13N3O6S. The molecule has 110 valence electrons. The van der Waals surface area contributed by atoms with Gasteiger partial charge in [0.15, 0.2) is 0 Å². The SMILES string of the molecule is NC(=O)[C@@H]1C=C(C2CC2)[C@@H]2CN1C(=O)N2OS(=O)(=O)O. The fraction of sp³-hybridized carbons (Fsp3) is 0.600. The number of nitrogens with zero attached hydrogens (tertiary/aromatic N) is 2. The Hall–Kier alpha value is -1.65. The van der Waals surface area contributed by atoms with Crippen LogP contribution in [0.5, 0.6) is 0 Å². The summed E-state index contributed by atoms with van der Waals surface area (Å²) < 4.78 is 34.8. The van der Waals surface area contributed by atoms with Gasteiger partial charge in [-0.3, -0.25) is 9.35 Å². The molecule has 0 radical (unpaired) electrons. The number of hydroxylamine groups is 2. The maximum atomic E-state index is 12.1. The zero-order valence-corrected chi connectivity index (χ0v) is 11.1. The van der Waals surface area contributed by atoms with Crippen LogP contribution in [0, 0.1) is 5.92 Å². The Morgan fingerprint density at radius 3 is 2.60 bits per heavy atom. The third-order valence-electron chi connectivity index (χ3n) is 3.67. The largest absolute Gasteiger partial charge is 0.418 e. The first-order chi connectivity index (χ1) is 9.28. The fourth-order valence-electron chi connectivity index (χ4n) is 2.70. The van der Waals surface area contributed by atoms with Crippen molar-refractivity contribution in [3.8, 4) is 0 Å². The van der Waals surface area contributed by atoms with E-state index in [0.717, 1.165) is 23.3 Å². The quantitative estimate of drug-likeness (QED) is 0.507. The Kier molecular flexibility index (Phi) is 2.78. The Bertz CT molecular complexity index is 610. The van der Waals surface area contributed by atoms with E-state index < -0.39 is 34.4 Å². The fourth-order valence-corrected chi connectivity index (χ4v) is 3.07. The van der Waals surface area contributed by atoms with E-state index >= 15 is 0 Å². The number of nitrogens with two attached hydrogens (primary N) is 1. The monoisotopic (exact) mass is 303 g/mol. The van der Waals surface area contributed by atoms with Crippen molar-refractivity contribution >= 4 is 22.3 Å². The molecule has 1 saturated heterocycles. The van der Waals surface area contributed by atoms with E-state index in [1.807, 2.05) is 0 Å². The molecule has 2 atom stereocenters. The number of carbonyl (C=O) groups excluding carboxylic acids is 2. The topological polar surface area (TPSA) is 130 Å². The molecular weight excluding hydrogens is 290 g/mol. The molecule has 3 amide bonds. The Labute approximate surface area is 114 Å². The molecule has 3 rings (SSSR count). The van der Waals surface area contributed by atoms with Crippen molar-refractivity contribution in [3.05, 3.63) is 11.6 Å². The zero-order chi connectivity index (χ0) is 14.7. The first-order valence-electron chi connectivity index (χ1n) is 6.05. The van der Waals surface area contributed by atoms with Gasteiger partial charge in [0.25, 0.3) is 0 Å². The maximum Gasteiger partial charge on any atom is 0.418 e. The number of carbonyl (C=O) groups is 2. The van der Waals surface area contributed by atoms with Crippen LogP contribution < -0.4 is 5.73 Å². The molecule has 2 fully saturated rings. The third-order valence-corrected chi connectivity index (χ3v) is 4.02. The molecule has 3 aliphatic rings. The maximum absolute atomic E-state index is 12.1. The van der Waals surface area contributed by atoms with Gasteiger partial charge in [-0.05, 0) is 24.3 Å². The molecule has 2 heterocycles. The second kappa shape index (κ2) is 4.17. The van der Waals surface area contributed by atoms with Gasteiger partial charge in [-0.15, -0.1) is 4.28 Å². The van der Waals surface area contributed by atoms with Crippen molar-refractivity contribution in [2.75, 3.05) is 6.54 Å². The number of amides is 3. The lowest BCUT2D eigenvalue weighted by Crippen LogP contribution is -2.46. The van der Waals surface area contributed by atoms with Gasteiger partial charge in [0.1, 0.15) is 12.1 Å². The van der Waals surface area contributed by atoms with Crippen molar-refractivity contribution < 1.29 is 26.8 Å². The molecule has 0 aromatic rings. The van der Waals surface area contributed by atoms with E-state index in [2.05, 4.69) is 4.28 Å². The summed E-state index contributed by atoms with van der Waals surface area (Å²) in [7, 11) is -4.81. The first kappa shape index (κ1) is 13.3. The molecule has 1 aliphatic carbocycles. The molecule has 2 bridgehead atoms. The van der Waals surface area contributed by atoms with E-state index in [-0.39, 0.29) is 12.5 Å². The minimum Gasteiger partial charge on any atom is -0.368 e. The highest BCUT2D eigenvalue weighted by molar-refractivity contribution is 7.80. The van der Waals surface area contributed by atoms with Gasteiger partial charge in [0.05, 0.1) is 6.54 Å². The van der Waals surface area contributed by atoms with Gasteiger partial charge in [-0.2, -0.15) is 13.5 Å². The second-order valence-electron chi connectivity index (χ2n) is 5.07. The molecule has 20 heavy (non-hydrogen) atoms. The van der Waals surface area contributed by atoms with Crippen LogP contribution >= 0.6 is 0 Å². The first-order valence-corrected chi connectivity index (χ1v) is 7.42. The highest BCUT2D eigenvalue weighted by atomic mass is 32.3. The Balaban J connectivity index is 1.97. The lowest BCUT2D eigenvalue weighted by Gasteiger charge is -2.27. The molecule has 9 nitrogen and oxygen atoms in total. The van der Waals surface area contributed by atoms with Crippen LogP contribution in [-0.2, 0) is 19.5 Å². The molecule has 0 aromatic carbocycles. The van der Waals surface area contributed by atoms with Gasteiger partial charge >= 0.3 is 16.4 Å². The zero-order valence-electron chi connectivity index (χ0n) is 10.3. The highest BCUT2D eigenvalue weighted by Gasteiger charge is 2.52. The number of urea groups is 1. The standard InChI is InChI=1S/C10H13N3O6S/c11-9(14)7-3-6(5-1-2-5)8-4-12(7)10(15)13(8)19-20(16,17)18/h3,5,7-8H,1-2,4H2,(H2,11,14)(H,16,17,18)/t7-,8-/m0/s1. The van der Waals surface area contributed by atoms with E-state index in [0.29, 0.717) is 5.06 Å². The van der Waals surface area contributed by atoms with Crippen LogP contribution in [0.4, 0.5) is 4.79 Å². The Morgan fingerprint density at radius 1 is 1.45 bits per heavy atom. The summed E-state index contributed by atoms with van der Waals surface area (Å²) in [4.78, 5) is 24.6. The second-order valence-corrected chi connectivity index (χ2v) is 6.07. The molecule has 0 spiro atoms. The smallest absolute Gasteiger partial charge is 0.368 e.